The fourth-order valence-electron chi connectivity index (χ4n) is 2.65. The molecule has 92 valence electrons. The Morgan fingerprint density at radius 1 is 1.00 bits per heavy atom. The number of nitrogens with one attached hydrogen (secondary N) is 1. The van der Waals surface area contributed by atoms with Gasteiger partial charge in [-0.25, -0.2) is 0 Å². The van der Waals surface area contributed by atoms with Gasteiger partial charge in [0.25, 0.3) is 0 Å². The van der Waals surface area contributed by atoms with Crippen LogP contribution in [0.25, 0.3) is 0 Å². The fraction of sp³-hybridized carbons (Fsp3) is 1.00. The molecule has 0 aromatic rings. The Morgan fingerprint density at radius 2 is 1.67 bits per heavy atom. The highest BCUT2D eigenvalue weighted by atomic mass is 14.8. The molecule has 0 rings (SSSR count). The molecule has 0 aliphatic heterocycles. The summed E-state index contributed by atoms with van der Waals surface area (Å²) in [7, 11) is 2.08. The highest BCUT2D eigenvalue weighted by Crippen LogP contribution is 2.29. The summed E-state index contributed by atoms with van der Waals surface area (Å²) in [5, 5.41) is 3.36. The van der Waals surface area contributed by atoms with Gasteiger partial charge in [0.05, 0.1) is 0 Å². The maximum atomic E-state index is 3.36. The van der Waals surface area contributed by atoms with Crippen molar-refractivity contribution in [3.8, 4) is 0 Å². The minimum atomic E-state index is 0.835. The van der Waals surface area contributed by atoms with Crippen LogP contribution in [0.15, 0.2) is 0 Å². The van der Waals surface area contributed by atoms with Crippen molar-refractivity contribution in [3.05, 3.63) is 0 Å². The SMILES string of the molecule is CCCCC(C(C)C)C(CCC)CNC. The first-order valence-electron chi connectivity index (χ1n) is 6.81. The van der Waals surface area contributed by atoms with Crippen LogP contribution in [-0.4, -0.2) is 13.6 Å². The van der Waals surface area contributed by atoms with E-state index in [0.29, 0.717) is 0 Å². The molecule has 0 heterocycles. The second-order valence-corrected chi connectivity index (χ2v) is 5.16. The van der Waals surface area contributed by atoms with Gasteiger partial charge in [0.1, 0.15) is 0 Å². The highest BCUT2D eigenvalue weighted by molar-refractivity contribution is 4.74. The van der Waals surface area contributed by atoms with E-state index in [2.05, 4.69) is 40.1 Å². The molecule has 1 heteroatoms. The van der Waals surface area contributed by atoms with E-state index in [0.717, 1.165) is 17.8 Å². The molecule has 2 unspecified atom stereocenters. The molecule has 0 saturated heterocycles. The fourth-order valence-corrected chi connectivity index (χ4v) is 2.65. The van der Waals surface area contributed by atoms with E-state index in [1.807, 2.05) is 0 Å². The topological polar surface area (TPSA) is 12.0 Å². The first-order valence-corrected chi connectivity index (χ1v) is 6.81. The van der Waals surface area contributed by atoms with Gasteiger partial charge < -0.3 is 5.32 Å². The monoisotopic (exact) mass is 213 g/mol. The number of hydrogen-bond acceptors (Lipinski definition) is 1. The van der Waals surface area contributed by atoms with Gasteiger partial charge in [0.2, 0.25) is 0 Å². The summed E-state index contributed by atoms with van der Waals surface area (Å²) in [6.45, 7) is 10.6. The molecule has 15 heavy (non-hydrogen) atoms. The van der Waals surface area contributed by atoms with Crippen molar-refractivity contribution in [3.63, 3.8) is 0 Å². The molecular formula is C14H31N. The third-order valence-corrected chi connectivity index (χ3v) is 3.48. The van der Waals surface area contributed by atoms with Gasteiger partial charge in [-0.1, -0.05) is 47.0 Å². The maximum Gasteiger partial charge on any atom is -0.00208 e. The lowest BCUT2D eigenvalue weighted by Gasteiger charge is -2.30. The molecule has 0 radical (unpaired) electrons. The summed E-state index contributed by atoms with van der Waals surface area (Å²) in [4.78, 5) is 0. The lowest BCUT2D eigenvalue weighted by Crippen LogP contribution is -2.29. The Balaban J connectivity index is 4.23. The lowest BCUT2D eigenvalue weighted by atomic mass is 9.78. The Hall–Kier alpha value is -0.0400. The summed E-state index contributed by atoms with van der Waals surface area (Å²) < 4.78 is 0. The summed E-state index contributed by atoms with van der Waals surface area (Å²) in [5.74, 6) is 2.63. The standard InChI is InChI=1S/C14H31N/c1-6-8-10-14(12(3)4)13(9-7-2)11-15-5/h12-15H,6-11H2,1-5H3. The van der Waals surface area contributed by atoms with Gasteiger partial charge in [0.15, 0.2) is 0 Å². The van der Waals surface area contributed by atoms with Crippen molar-refractivity contribution in [2.75, 3.05) is 13.6 Å². The first kappa shape index (κ1) is 15.0. The van der Waals surface area contributed by atoms with E-state index < -0.39 is 0 Å². The molecule has 0 spiro atoms. The molecule has 0 aliphatic rings. The zero-order valence-corrected chi connectivity index (χ0v) is 11.5. The van der Waals surface area contributed by atoms with E-state index in [4.69, 9.17) is 0 Å². The van der Waals surface area contributed by atoms with E-state index >= 15 is 0 Å². The molecule has 0 aliphatic carbocycles. The summed E-state index contributed by atoms with van der Waals surface area (Å²) in [5.41, 5.74) is 0. The lowest BCUT2D eigenvalue weighted by molar-refractivity contribution is 0.216. The molecule has 1 N–H and O–H groups in total. The highest BCUT2D eigenvalue weighted by Gasteiger charge is 2.22. The third kappa shape index (κ3) is 6.19. The van der Waals surface area contributed by atoms with Gasteiger partial charge in [-0.3, -0.25) is 0 Å². The first-order chi connectivity index (χ1) is 7.17. The van der Waals surface area contributed by atoms with E-state index in [1.54, 1.807) is 0 Å². The second kappa shape index (κ2) is 9.21. The van der Waals surface area contributed by atoms with Gasteiger partial charge in [0, 0.05) is 0 Å². The Kier molecular flexibility index (Phi) is 9.18. The van der Waals surface area contributed by atoms with Crippen LogP contribution in [0.3, 0.4) is 0 Å². The Labute approximate surface area is 97.0 Å². The predicted molar refractivity (Wildman–Crippen MR) is 70.2 cm³/mol. The minimum absolute atomic E-state index is 0.835. The zero-order valence-electron chi connectivity index (χ0n) is 11.5. The largest absolute Gasteiger partial charge is 0.319 e. The average Bonchev–Trinajstić information content (AvgIpc) is 2.18. The normalized spacial score (nSPS) is 15.6. The van der Waals surface area contributed by atoms with Gasteiger partial charge in [-0.15, -0.1) is 0 Å². The second-order valence-electron chi connectivity index (χ2n) is 5.16. The summed E-state index contributed by atoms with van der Waals surface area (Å²) in [6, 6.07) is 0. The quantitative estimate of drug-likeness (QED) is 0.608. The van der Waals surface area contributed by atoms with Gasteiger partial charge in [-0.05, 0) is 44.2 Å². The van der Waals surface area contributed by atoms with Crippen LogP contribution in [0, 0.1) is 17.8 Å². The van der Waals surface area contributed by atoms with Crippen molar-refractivity contribution < 1.29 is 0 Å². The van der Waals surface area contributed by atoms with Gasteiger partial charge in [-0.2, -0.15) is 0 Å². The van der Waals surface area contributed by atoms with Crippen molar-refractivity contribution in [1.29, 1.82) is 0 Å². The van der Waals surface area contributed by atoms with Crippen molar-refractivity contribution in [2.45, 2.75) is 59.8 Å². The van der Waals surface area contributed by atoms with Crippen LogP contribution in [0.1, 0.15) is 59.8 Å². The molecule has 0 aromatic heterocycles. The summed E-state index contributed by atoms with van der Waals surface area (Å²) in [6.07, 6.45) is 6.85. The van der Waals surface area contributed by atoms with E-state index in [1.165, 1.54) is 38.6 Å². The van der Waals surface area contributed by atoms with Crippen LogP contribution in [0.5, 0.6) is 0 Å². The third-order valence-electron chi connectivity index (χ3n) is 3.48. The Bertz CT molecular complexity index is 125. The van der Waals surface area contributed by atoms with Crippen LogP contribution < -0.4 is 5.32 Å². The summed E-state index contributed by atoms with van der Waals surface area (Å²) >= 11 is 0. The molecule has 0 fully saturated rings. The number of unbranched alkanes of at least 4 members (excludes halogenated alkanes) is 1. The van der Waals surface area contributed by atoms with Crippen molar-refractivity contribution in [1.82, 2.24) is 5.32 Å². The maximum absolute atomic E-state index is 3.36. The van der Waals surface area contributed by atoms with Crippen LogP contribution in [-0.2, 0) is 0 Å². The van der Waals surface area contributed by atoms with Gasteiger partial charge >= 0.3 is 0 Å². The molecule has 0 amide bonds. The van der Waals surface area contributed by atoms with Crippen LogP contribution in [0.4, 0.5) is 0 Å². The molecule has 0 saturated carbocycles. The predicted octanol–water partition coefficient (Wildman–Crippen LogP) is 4.08. The van der Waals surface area contributed by atoms with E-state index in [-0.39, 0.29) is 0 Å². The molecule has 0 bridgehead atoms. The number of rotatable bonds is 9. The van der Waals surface area contributed by atoms with Crippen LogP contribution in [0.2, 0.25) is 0 Å². The Morgan fingerprint density at radius 3 is 2.07 bits per heavy atom. The smallest absolute Gasteiger partial charge is 0.00208 e. The molecule has 0 aromatic carbocycles. The molecule has 2 atom stereocenters. The minimum Gasteiger partial charge on any atom is -0.319 e. The van der Waals surface area contributed by atoms with Crippen molar-refractivity contribution in [2.24, 2.45) is 17.8 Å². The van der Waals surface area contributed by atoms with Crippen molar-refractivity contribution >= 4 is 0 Å². The van der Waals surface area contributed by atoms with Crippen LogP contribution >= 0.6 is 0 Å². The zero-order chi connectivity index (χ0) is 11.7. The average molecular weight is 213 g/mol. The molecule has 1 nitrogen and oxygen atoms in total. The van der Waals surface area contributed by atoms with E-state index in [9.17, 15) is 0 Å². The number of hydrogen-bond donors (Lipinski definition) is 1. The molecular weight excluding hydrogens is 182 g/mol.